The summed E-state index contributed by atoms with van der Waals surface area (Å²) in [7, 11) is 0. The van der Waals surface area contributed by atoms with Crippen LogP contribution in [0.25, 0.3) is 5.69 Å². The lowest BCUT2D eigenvalue weighted by Crippen LogP contribution is -2.21. The van der Waals surface area contributed by atoms with Crippen LogP contribution in [0.1, 0.15) is 45.1 Å². The molecule has 0 radical (unpaired) electrons. The van der Waals surface area contributed by atoms with Crippen molar-refractivity contribution in [2.45, 2.75) is 40.2 Å². The number of aromatic nitrogens is 4. The van der Waals surface area contributed by atoms with Crippen molar-refractivity contribution < 1.29 is 0 Å². The molecule has 2 heterocycles. The molecular formula is C15H22ClN5. The van der Waals surface area contributed by atoms with Crippen molar-refractivity contribution in [3.8, 4) is 5.69 Å². The number of nitrogens with one attached hydrogen (secondary N) is 1. The molecule has 2 aromatic rings. The minimum atomic E-state index is 0.295. The average Bonchev–Trinajstić information content (AvgIpc) is 2.84. The minimum absolute atomic E-state index is 0.295. The number of nitrogens with zero attached hydrogens (tertiary/aromatic N) is 4. The molecule has 5 nitrogen and oxygen atoms in total. The van der Waals surface area contributed by atoms with Gasteiger partial charge in [0.1, 0.15) is 11.5 Å². The van der Waals surface area contributed by atoms with Crippen LogP contribution in [0.3, 0.4) is 0 Å². The van der Waals surface area contributed by atoms with Crippen molar-refractivity contribution in [3.63, 3.8) is 0 Å². The van der Waals surface area contributed by atoms with Gasteiger partial charge < -0.3 is 5.32 Å². The Hall–Kier alpha value is -1.46. The first-order valence-electron chi connectivity index (χ1n) is 7.24. The van der Waals surface area contributed by atoms with Gasteiger partial charge in [-0.1, -0.05) is 39.3 Å². The molecule has 2 rings (SSSR count). The van der Waals surface area contributed by atoms with Crippen LogP contribution in [-0.4, -0.2) is 26.3 Å². The molecule has 114 valence electrons. The zero-order valence-electron chi connectivity index (χ0n) is 13.0. The molecule has 0 saturated heterocycles. The maximum Gasteiger partial charge on any atom is 0.131 e. The summed E-state index contributed by atoms with van der Waals surface area (Å²) in [6.07, 6.45) is 5.20. The first-order chi connectivity index (χ1) is 9.97. The Kier molecular flexibility index (Phi) is 5.31. The molecule has 0 aliphatic rings. The monoisotopic (exact) mass is 307 g/mol. The highest BCUT2D eigenvalue weighted by Crippen LogP contribution is 2.17. The van der Waals surface area contributed by atoms with Crippen LogP contribution in [0, 0.1) is 5.92 Å². The lowest BCUT2D eigenvalue weighted by molar-refractivity contribution is 0.544. The molecule has 0 saturated carbocycles. The van der Waals surface area contributed by atoms with Gasteiger partial charge in [-0.15, -0.1) is 0 Å². The molecule has 0 fully saturated rings. The number of hydrogen-bond donors (Lipinski definition) is 1. The van der Waals surface area contributed by atoms with E-state index in [1.165, 1.54) is 0 Å². The van der Waals surface area contributed by atoms with Crippen molar-refractivity contribution in [1.29, 1.82) is 0 Å². The van der Waals surface area contributed by atoms with Crippen LogP contribution in [0.2, 0.25) is 5.02 Å². The van der Waals surface area contributed by atoms with Gasteiger partial charge in [0.25, 0.3) is 0 Å². The van der Waals surface area contributed by atoms with E-state index < -0.39 is 0 Å². The number of halogens is 1. The van der Waals surface area contributed by atoms with Gasteiger partial charge in [0.05, 0.1) is 23.1 Å². The average molecular weight is 308 g/mol. The Morgan fingerprint density at radius 2 is 2.00 bits per heavy atom. The van der Waals surface area contributed by atoms with Crippen molar-refractivity contribution in [1.82, 2.24) is 25.1 Å². The van der Waals surface area contributed by atoms with E-state index in [9.17, 15) is 0 Å². The summed E-state index contributed by atoms with van der Waals surface area (Å²) < 4.78 is 1.72. The van der Waals surface area contributed by atoms with E-state index in [0.29, 0.717) is 23.4 Å². The molecule has 6 heteroatoms. The second kappa shape index (κ2) is 7.00. The molecule has 0 bridgehead atoms. The van der Waals surface area contributed by atoms with Gasteiger partial charge in [-0.05, 0) is 12.5 Å². The fourth-order valence-electron chi connectivity index (χ4n) is 1.94. The third-order valence-electron chi connectivity index (χ3n) is 3.02. The summed E-state index contributed by atoms with van der Waals surface area (Å²) >= 11 is 5.95. The van der Waals surface area contributed by atoms with E-state index >= 15 is 0 Å². The van der Waals surface area contributed by atoms with Crippen LogP contribution in [0.5, 0.6) is 0 Å². The van der Waals surface area contributed by atoms with E-state index in [-0.39, 0.29) is 0 Å². The lowest BCUT2D eigenvalue weighted by Gasteiger charge is -2.13. The minimum Gasteiger partial charge on any atom is -0.311 e. The highest BCUT2D eigenvalue weighted by Gasteiger charge is 2.12. The Bertz CT molecular complexity index is 591. The van der Waals surface area contributed by atoms with Crippen LogP contribution in [-0.2, 0) is 6.54 Å². The highest BCUT2D eigenvalue weighted by atomic mass is 35.5. The third kappa shape index (κ3) is 4.25. The fraction of sp³-hybridized carbons (Fsp3) is 0.533. The van der Waals surface area contributed by atoms with Gasteiger partial charge in [0, 0.05) is 18.7 Å². The smallest absolute Gasteiger partial charge is 0.131 e. The largest absolute Gasteiger partial charge is 0.311 e. The summed E-state index contributed by atoms with van der Waals surface area (Å²) in [4.78, 5) is 9.10. The summed E-state index contributed by atoms with van der Waals surface area (Å²) in [6, 6.07) is 0. The van der Waals surface area contributed by atoms with Gasteiger partial charge in [0.15, 0.2) is 0 Å². The van der Waals surface area contributed by atoms with E-state index in [0.717, 1.165) is 23.8 Å². The van der Waals surface area contributed by atoms with Crippen molar-refractivity contribution in [2.75, 3.05) is 6.54 Å². The Morgan fingerprint density at radius 3 is 2.57 bits per heavy atom. The molecule has 0 unspecified atom stereocenters. The molecule has 0 amide bonds. The SMILES string of the molecule is CC(C)CNCc1nc(C(C)C)ncc1-n1cc(Cl)cn1. The van der Waals surface area contributed by atoms with Crippen molar-refractivity contribution in [3.05, 3.63) is 35.1 Å². The molecule has 1 N–H and O–H groups in total. The Morgan fingerprint density at radius 1 is 1.24 bits per heavy atom. The first-order valence-corrected chi connectivity index (χ1v) is 7.62. The Labute approximate surface area is 130 Å². The highest BCUT2D eigenvalue weighted by molar-refractivity contribution is 6.30. The third-order valence-corrected chi connectivity index (χ3v) is 3.22. The molecule has 0 aliphatic carbocycles. The lowest BCUT2D eigenvalue weighted by atomic mass is 10.2. The number of rotatable bonds is 6. The van der Waals surface area contributed by atoms with Crippen molar-refractivity contribution in [2.24, 2.45) is 5.92 Å². The molecule has 21 heavy (non-hydrogen) atoms. The maximum absolute atomic E-state index is 5.95. The predicted molar refractivity (Wildman–Crippen MR) is 84.8 cm³/mol. The van der Waals surface area contributed by atoms with Crippen LogP contribution in [0.15, 0.2) is 18.6 Å². The summed E-state index contributed by atoms with van der Waals surface area (Å²) in [5.74, 6) is 1.74. The maximum atomic E-state index is 5.95. The van der Waals surface area contributed by atoms with Crippen LogP contribution >= 0.6 is 11.6 Å². The number of hydrogen-bond acceptors (Lipinski definition) is 4. The van der Waals surface area contributed by atoms with E-state index in [2.05, 4.69) is 48.1 Å². The zero-order valence-corrected chi connectivity index (χ0v) is 13.7. The first kappa shape index (κ1) is 15.9. The van der Waals surface area contributed by atoms with Gasteiger partial charge in [-0.3, -0.25) is 0 Å². The van der Waals surface area contributed by atoms with Gasteiger partial charge in [-0.25, -0.2) is 14.6 Å². The molecule has 0 spiro atoms. The standard InChI is InChI=1S/C15H22ClN5/c1-10(2)5-17-7-13-14(21-9-12(16)6-19-21)8-18-15(20-13)11(3)4/h6,8-11,17H,5,7H2,1-4H3. The fourth-order valence-corrected chi connectivity index (χ4v) is 2.07. The van der Waals surface area contributed by atoms with Gasteiger partial charge in [0.2, 0.25) is 0 Å². The summed E-state index contributed by atoms with van der Waals surface area (Å²) in [5.41, 5.74) is 1.80. The second-order valence-electron chi connectivity index (χ2n) is 5.84. The van der Waals surface area contributed by atoms with Gasteiger partial charge >= 0.3 is 0 Å². The quantitative estimate of drug-likeness (QED) is 0.890. The van der Waals surface area contributed by atoms with E-state index in [4.69, 9.17) is 11.6 Å². The normalized spacial score (nSPS) is 11.6. The molecule has 2 aromatic heterocycles. The predicted octanol–water partition coefficient (Wildman–Crippen LogP) is 3.18. The van der Waals surface area contributed by atoms with Crippen LogP contribution in [0.4, 0.5) is 0 Å². The van der Waals surface area contributed by atoms with Gasteiger partial charge in [-0.2, -0.15) is 5.10 Å². The summed E-state index contributed by atoms with van der Waals surface area (Å²) in [5, 5.41) is 8.26. The molecule has 0 atom stereocenters. The van der Waals surface area contributed by atoms with E-state index in [1.807, 2.05) is 6.20 Å². The molecule has 0 aromatic carbocycles. The topological polar surface area (TPSA) is 55.6 Å². The molecular weight excluding hydrogens is 286 g/mol. The molecule has 0 aliphatic heterocycles. The van der Waals surface area contributed by atoms with E-state index in [1.54, 1.807) is 17.1 Å². The zero-order chi connectivity index (χ0) is 15.4. The Balaban J connectivity index is 2.29. The second-order valence-corrected chi connectivity index (χ2v) is 6.28. The van der Waals surface area contributed by atoms with Crippen molar-refractivity contribution >= 4 is 11.6 Å². The van der Waals surface area contributed by atoms with Crippen LogP contribution < -0.4 is 5.32 Å². The summed E-state index contributed by atoms with van der Waals surface area (Å²) in [6.45, 7) is 10.2.